The van der Waals surface area contributed by atoms with Crippen molar-refractivity contribution in [1.29, 1.82) is 0 Å². The van der Waals surface area contributed by atoms with Gasteiger partial charge >= 0.3 is 0 Å². The molecule has 5 heteroatoms. The van der Waals surface area contributed by atoms with Gasteiger partial charge in [0.1, 0.15) is 0 Å². The molecule has 1 aromatic heterocycles. The monoisotopic (exact) mass is 318 g/mol. The Bertz CT molecular complexity index is 623. The lowest BCUT2D eigenvalue weighted by molar-refractivity contribution is 0.153. The molecular weight excluding hydrogens is 296 g/mol. The zero-order valence-electron chi connectivity index (χ0n) is 13.2. The van der Waals surface area contributed by atoms with Crippen LogP contribution in [0.2, 0.25) is 5.02 Å². The van der Waals surface area contributed by atoms with Crippen LogP contribution in [0.5, 0.6) is 0 Å². The Morgan fingerprint density at radius 1 is 1.41 bits per heavy atom. The predicted molar refractivity (Wildman–Crippen MR) is 90.1 cm³/mol. The van der Waals surface area contributed by atoms with Crippen molar-refractivity contribution in [1.82, 2.24) is 20.0 Å². The highest BCUT2D eigenvalue weighted by molar-refractivity contribution is 6.30. The summed E-state index contributed by atoms with van der Waals surface area (Å²) in [6.07, 6.45) is 4.14. The molecule has 2 aromatic rings. The topological polar surface area (TPSA) is 33.1 Å². The van der Waals surface area contributed by atoms with Gasteiger partial charge in [-0.25, -0.2) is 0 Å². The lowest BCUT2D eigenvalue weighted by Crippen LogP contribution is -2.45. The smallest absolute Gasteiger partial charge is 0.0534 e. The summed E-state index contributed by atoms with van der Waals surface area (Å²) in [4.78, 5) is 2.50. The van der Waals surface area contributed by atoms with Crippen molar-refractivity contribution < 1.29 is 0 Å². The first-order valence-corrected chi connectivity index (χ1v) is 8.24. The number of benzene rings is 1. The van der Waals surface area contributed by atoms with Gasteiger partial charge in [-0.2, -0.15) is 5.10 Å². The molecule has 1 atom stereocenters. The maximum Gasteiger partial charge on any atom is 0.0534 e. The molecule has 2 heterocycles. The Hall–Kier alpha value is -1.36. The van der Waals surface area contributed by atoms with Crippen molar-refractivity contribution in [3.8, 4) is 0 Å². The normalized spacial score (nSPS) is 19.7. The van der Waals surface area contributed by atoms with Gasteiger partial charge in [0.05, 0.1) is 6.20 Å². The van der Waals surface area contributed by atoms with Crippen LogP contribution in [0.25, 0.3) is 0 Å². The summed E-state index contributed by atoms with van der Waals surface area (Å²) in [6.45, 7) is 8.23. The van der Waals surface area contributed by atoms with Gasteiger partial charge in [-0.05, 0) is 31.5 Å². The van der Waals surface area contributed by atoms with Crippen LogP contribution in [0.1, 0.15) is 37.1 Å². The predicted octanol–water partition coefficient (Wildman–Crippen LogP) is 3.26. The van der Waals surface area contributed by atoms with Crippen molar-refractivity contribution in [2.24, 2.45) is 0 Å². The molecule has 1 unspecified atom stereocenters. The van der Waals surface area contributed by atoms with E-state index in [1.807, 2.05) is 23.0 Å². The highest BCUT2D eigenvalue weighted by atomic mass is 35.5. The van der Waals surface area contributed by atoms with Gasteiger partial charge in [0, 0.05) is 55.0 Å². The maximum atomic E-state index is 6.16. The molecule has 1 aromatic carbocycles. The van der Waals surface area contributed by atoms with Gasteiger partial charge in [-0.15, -0.1) is 0 Å². The molecule has 1 aliphatic heterocycles. The van der Waals surface area contributed by atoms with E-state index in [9.17, 15) is 0 Å². The molecule has 4 nitrogen and oxygen atoms in total. The second kappa shape index (κ2) is 6.82. The number of nitrogens with one attached hydrogen (secondary N) is 1. The second-order valence-corrected chi connectivity index (χ2v) is 6.60. The Labute approximate surface area is 137 Å². The first kappa shape index (κ1) is 15.5. The minimum absolute atomic E-state index is 0.356. The summed E-state index contributed by atoms with van der Waals surface area (Å²) in [6, 6.07) is 8.95. The van der Waals surface area contributed by atoms with Crippen LogP contribution in [-0.4, -0.2) is 34.3 Å². The van der Waals surface area contributed by atoms with Crippen LogP contribution in [0.4, 0.5) is 0 Å². The van der Waals surface area contributed by atoms with E-state index >= 15 is 0 Å². The number of aromatic nitrogens is 2. The zero-order chi connectivity index (χ0) is 15.5. The Morgan fingerprint density at radius 2 is 2.27 bits per heavy atom. The van der Waals surface area contributed by atoms with E-state index < -0.39 is 0 Å². The van der Waals surface area contributed by atoms with E-state index in [2.05, 4.69) is 47.5 Å². The molecule has 1 N–H and O–H groups in total. The van der Waals surface area contributed by atoms with Gasteiger partial charge in [0.15, 0.2) is 0 Å². The molecule has 0 aliphatic carbocycles. The molecule has 0 amide bonds. The Kier molecular flexibility index (Phi) is 4.81. The average Bonchev–Trinajstić information content (AvgIpc) is 2.97. The molecule has 0 spiro atoms. The summed E-state index contributed by atoms with van der Waals surface area (Å²) in [7, 11) is 0. The van der Waals surface area contributed by atoms with Crippen LogP contribution in [0.15, 0.2) is 36.7 Å². The summed E-state index contributed by atoms with van der Waals surface area (Å²) >= 11 is 6.16. The first-order chi connectivity index (χ1) is 10.6. The van der Waals surface area contributed by atoms with Crippen molar-refractivity contribution in [3.63, 3.8) is 0 Å². The van der Waals surface area contributed by atoms with Crippen molar-refractivity contribution in [2.45, 2.75) is 32.5 Å². The van der Waals surface area contributed by atoms with Crippen LogP contribution >= 0.6 is 11.6 Å². The fourth-order valence-corrected chi connectivity index (χ4v) is 3.15. The second-order valence-electron chi connectivity index (χ2n) is 6.17. The van der Waals surface area contributed by atoms with E-state index in [1.54, 1.807) is 0 Å². The van der Waals surface area contributed by atoms with E-state index in [1.165, 1.54) is 11.1 Å². The number of nitrogens with zero attached hydrogens (tertiary/aromatic N) is 3. The average molecular weight is 319 g/mol. The van der Waals surface area contributed by atoms with Gasteiger partial charge in [-0.1, -0.05) is 23.7 Å². The van der Waals surface area contributed by atoms with E-state index in [0.717, 1.165) is 31.2 Å². The molecule has 118 valence electrons. The third-order valence-electron chi connectivity index (χ3n) is 4.16. The molecule has 1 aliphatic rings. The minimum Gasteiger partial charge on any atom is -0.314 e. The molecule has 0 radical (unpaired) electrons. The number of hydrogen-bond donors (Lipinski definition) is 1. The van der Waals surface area contributed by atoms with Gasteiger partial charge < -0.3 is 5.32 Å². The standard InChI is InChI=1S/C17H23ClN4/c1-13(2)22-12-14(9-20-22)11-21-7-6-19-10-17(21)15-4-3-5-16(18)8-15/h3-5,8-9,12-13,17,19H,6-7,10-11H2,1-2H3. The SMILES string of the molecule is CC(C)n1cc(CN2CCNCC2c2cccc(Cl)c2)cn1. The summed E-state index contributed by atoms with van der Waals surface area (Å²) in [5, 5.41) is 8.73. The van der Waals surface area contributed by atoms with Gasteiger partial charge in [0.2, 0.25) is 0 Å². The van der Waals surface area contributed by atoms with Crippen LogP contribution in [0.3, 0.4) is 0 Å². The summed E-state index contributed by atoms with van der Waals surface area (Å²) in [5.74, 6) is 0. The fraction of sp³-hybridized carbons (Fsp3) is 0.471. The highest BCUT2D eigenvalue weighted by Crippen LogP contribution is 2.26. The van der Waals surface area contributed by atoms with Crippen molar-refractivity contribution >= 4 is 11.6 Å². The quantitative estimate of drug-likeness (QED) is 0.939. The van der Waals surface area contributed by atoms with Crippen LogP contribution < -0.4 is 5.32 Å². The Morgan fingerprint density at radius 3 is 3.00 bits per heavy atom. The fourth-order valence-electron chi connectivity index (χ4n) is 2.95. The largest absolute Gasteiger partial charge is 0.314 e. The molecule has 0 saturated carbocycles. The molecule has 1 saturated heterocycles. The van der Waals surface area contributed by atoms with Crippen molar-refractivity contribution in [2.75, 3.05) is 19.6 Å². The first-order valence-electron chi connectivity index (χ1n) is 7.87. The number of hydrogen-bond acceptors (Lipinski definition) is 3. The highest BCUT2D eigenvalue weighted by Gasteiger charge is 2.24. The van der Waals surface area contributed by atoms with Gasteiger partial charge in [0.25, 0.3) is 0 Å². The van der Waals surface area contributed by atoms with E-state index in [0.29, 0.717) is 12.1 Å². The number of halogens is 1. The van der Waals surface area contributed by atoms with Crippen molar-refractivity contribution in [3.05, 3.63) is 52.8 Å². The zero-order valence-corrected chi connectivity index (χ0v) is 13.9. The molecule has 1 fully saturated rings. The lowest BCUT2D eigenvalue weighted by Gasteiger charge is -2.36. The molecule has 3 rings (SSSR count). The number of rotatable bonds is 4. The maximum absolute atomic E-state index is 6.16. The molecule has 22 heavy (non-hydrogen) atoms. The summed E-state index contributed by atoms with van der Waals surface area (Å²) < 4.78 is 2.02. The Balaban J connectivity index is 1.77. The van der Waals surface area contributed by atoms with Crippen LogP contribution in [-0.2, 0) is 6.54 Å². The number of piperazine rings is 1. The lowest BCUT2D eigenvalue weighted by atomic mass is 10.0. The minimum atomic E-state index is 0.356. The van der Waals surface area contributed by atoms with Gasteiger partial charge in [-0.3, -0.25) is 9.58 Å². The third kappa shape index (κ3) is 3.51. The summed E-state index contributed by atoms with van der Waals surface area (Å²) in [5.41, 5.74) is 2.54. The van der Waals surface area contributed by atoms with E-state index in [4.69, 9.17) is 11.6 Å². The third-order valence-corrected chi connectivity index (χ3v) is 4.39. The molecular formula is C17H23ClN4. The molecule has 0 bridgehead atoms. The van der Waals surface area contributed by atoms with E-state index in [-0.39, 0.29) is 0 Å². The van der Waals surface area contributed by atoms with Crippen LogP contribution in [0, 0.1) is 0 Å².